The molecule has 7 heteroatoms. The van der Waals surface area contributed by atoms with Gasteiger partial charge in [-0.05, 0) is 42.0 Å². The first-order chi connectivity index (χ1) is 13.2. The van der Waals surface area contributed by atoms with Gasteiger partial charge in [-0.3, -0.25) is 5.43 Å². The molecule has 0 saturated heterocycles. The number of ether oxygens (including phenoxy) is 2. The molecule has 1 aromatic heterocycles. The minimum atomic E-state index is 0.311. The predicted molar refractivity (Wildman–Crippen MR) is 109 cm³/mol. The highest BCUT2D eigenvalue weighted by atomic mass is 35.5. The molecule has 0 bridgehead atoms. The molecule has 3 rings (SSSR count). The van der Waals surface area contributed by atoms with Gasteiger partial charge in [0.05, 0.1) is 23.4 Å². The molecule has 0 saturated carbocycles. The summed E-state index contributed by atoms with van der Waals surface area (Å²) in [7, 11) is 1.59. The fourth-order valence-corrected chi connectivity index (χ4v) is 2.65. The van der Waals surface area contributed by atoms with Crippen LogP contribution in [0, 0.1) is 0 Å². The molecule has 0 aliphatic carbocycles. The van der Waals surface area contributed by atoms with E-state index in [4.69, 9.17) is 32.7 Å². The molecule has 1 heterocycles. The van der Waals surface area contributed by atoms with Crippen LogP contribution >= 0.6 is 23.2 Å². The number of anilines is 1. The monoisotopic (exact) mass is 401 g/mol. The number of aromatic nitrogens is 1. The Hall–Kier alpha value is -2.76. The second-order valence-corrected chi connectivity index (χ2v) is 6.32. The Morgan fingerprint density at radius 1 is 1.07 bits per heavy atom. The minimum absolute atomic E-state index is 0.311. The number of rotatable bonds is 7. The van der Waals surface area contributed by atoms with Gasteiger partial charge in [0.1, 0.15) is 12.4 Å². The molecule has 0 radical (unpaired) electrons. The second-order valence-electron chi connectivity index (χ2n) is 5.50. The van der Waals surface area contributed by atoms with Crippen LogP contribution in [0.2, 0.25) is 10.0 Å². The van der Waals surface area contributed by atoms with Crippen LogP contribution < -0.4 is 14.9 Å². The minimum Gasteiger partial charge on any atom is -0.493 e. The zero-order valence-corrected chi connectivity index (χ0v) is 16.0. The van der Waals surface area contributed by atoms with Crippen molar-refractivity contribution in [2.24, 2.45) is 5.10 Å². The average molecular weight is 402 g/mol. The fourth-order valence-electron chi connectivity index (χ4n) is 2.33. The van der Waals surface area contributed by atoms with Gasteiger partial charge >= 0.3 is 0 Å². The van der Waals surface area contributed by atoms with Crippen LogP contribution in [0.4, 0.5) is 5.82 Å². The van der Waals surface area contributed by atoms with E-state index in [1.807, 2.05) is 42.5 Å². The van der Waals surface area contributed by atoms with Crippen molar-refractivity contribution in [3.63, 3.8) is 0 Å². The SMILES string of the molecule is COc1cccc(C=NNc2ccccn2)c1OCc1ccc(Cl)c(Cl)c1. The normalized spacial score (nSPS) is 10.8. The molecule has 0 fully saturated rings. The third kappa shape index (κ3) is 5.12. The number of nitrogens with zero attached hydrogens (tertiary/aromatic N) is 2. The Balaban J connectivity index is 1.77. The van der Waals surface area contributed by atoms with E-state index in [1.54, 1.807) is 31.7 Å². The third-order valence-corrected chi connectivity index (χ3v) is 4.38. The van der Waals surface area contributed by atoms with Crippen molar-refractivity contribution in [1.82, 2.24) is 4.98 Å². The summed E-state index contributed by atoms with van der Waals surface area (Å²) in [5, 5.41) is 5.21. The van der Waals surface area contributed by atoms with Crippen molar-refractivity contribution in [2.75, 3.05) is 12.5 Å². The number of hydrogen-bond donors (Lipinski definition) is 1. The first-order valence-electron chi connectivity index (χ1n) is 8.11. The van der Waals surface area contributed by atoms with Gasteiger partial charge in [-0.15, -0.1) is 0 Å². The molecule has 1 N–H and O–H groups in total. The van der Waals surface area contributed by atoms with Crippen molar-refractivity contribution >= 4 is 35.2 Å². The van der Waals surface area contributed by atoms with E-state index in [0.29, 0.717) is 34.0 Å². The number of nitrogens with one attached hydrogen (secondary N) is 1. The molecule has 0 amide bonds. The maximum absolute atomic E-state index is 6.06. The molecule has 0 aliphatic heterocycles. The topological polar surface area (TPSA) is 55.7 Å². The summed E-state index contributed by atoms with van der Waals surface area (Å²) < 4.78 is 11.4. The van der Waals surface area contributed by atoms with Crippen molar-refractivity contribution in [3.8, 4) is 11.5 Å². The number of halogens is 2. The molecule has 0 aliphatic rings. The van der Waals surface area contributed by atoms with Gasteiger partial charge in [-0.2, -0.15) is 5.10 Å². The summed E-state index contributed by atoms with van der Waals surface area (Å²) in [5.41, 5.74) is 4.53. The van der Waals surface area contributed by atoms with E-state index >= 15 is 0 Å². The number of hydrogen-bond acceptors (Lipinski definition) is 5. The predicted octanol–water partition coefficient (Wildman–Crippen LogP) is 5.42. The first-order valence-corrected chi connectivity index (χ1v) is 8.87. The lowest BCUT2D eigenvalue weighted by atomic mass is 10.2. The lowest BCUT2D eigenvalue weighted by Crippen LogP contribution is -2.02. The maximum atomic E-state index is 6.06. The molecular weight excluding hydrogens is 385 g/mol. The highest BCUT2D eigenvalue weighted by Crippen LogP contribution is 2.31. The number of para-hydroxylation sites is 1. The number of pyridine rings is 1. The second kappa shape index (κ2) is 9.26. The van der Waals surface area contributed by atoms with E-state index < -0.39 is 0 Å². The van der Waals surface area contributed by atoms with E-state index in [1.165, 1.54) is 0 Å². The highest BCUT2D eigenvalue weighted by Gasteiger charge is 2.10. The summed E-state index contributed by atoms with van der Waals surface area (Å²) in [6, 6.07) is 16.5. The van der Waals surface area contributed by atoms with Gasteiger partial charge in [-0.1, -0.05) is 41.4 Å². The average Bonchev–Trinajstić information content (AvgIpc) is 2.70. The lowest BCUT2D eigenvalue weighted by molar-refractivity contribution is 0.284. The van der Waals surface area contributed by atoms with Gasteiger partial charge in [0.15, 0.2) is 11.5 Å². The Kier molecular flexibility index (Phi) is 6.52. The van der Waals surface area contributed by atoms with Crippen LogP contribution in [-0.2, 0) is 6.61 Å². The van der Waals surface area contributed by atoms with Gasteiger partial charge in [0.25, 0.3) is 0 Å². The Morgan fingerprint density at radius 3 is 2.70 bits per heavy atom. The number of benzene rings is 2. The Morgan fingerprint density at radius 2 is 1.96 bits per heavy atom. The van der Waals surface area contributed by atoms with E-state index in [0.717, 1.165) is 11.1 Å². The standard InChI is InChI=1S/C20H17Cl2N3O2/c1-26-18-6-4-5-15(12-24-25-19-7-2-3-10-23-19)20(18)27-13-14-8-9-16(21)17(22)11-14/h2-12H,13H2,1H3,(H,23,25). The fraction of sp³-hybridized carbons (Fsp3) is 0.100. The van der Waals surface area contributed by atoms with Gasteiger partial charge in [0, 0.05) is 11.8 Å². The van der Waals surface area contributed by atoms with E-state index in [9.17, 15) is 0 Å². The van der Waals surface area contributed by atoms with E-state index in [-0.39, 0.29) is 0 Å². The lowest BCUT2D eigenvalue weighted by Gasteiger charge is -2.13. The van der Waals surface area contributed by atoms with Crippen LogP contribution in [0.5, 0.6) is 11.5 Å². The zero-order chi connectivity index (χ0) is 19.1. The molecule has 2 aromatic carbocycles. The van der Waals surface area contributed by atoms with Crippen molar-refractivity contribution in [2.45, 2.75) is 6.61 Å². The molecule has 0 atom stereocenters. The Labute approximate surface area is 167 Å². The largest absolute Gasteiger partial charge is 0.493 e. The smallest absolute Gasteiger partial charge is 0.170 e. The quantitative estimate of drug-likeness (QED) is 0.424. The van der Waals surface area contributed by atoms with Crippen LogP contribution in [0.3, 0.4) is 0 Å². The third-order valence-electron chi connectivity index (χ3n) is 3.64. The highest BCUT2D eigenvalue weighted by molar-refractivity contribution is 6.42. The van der Waals surface area contributed by atoms with Crippen molar-refractivity contribution in [3.05, 3.63) is 82.0 Å². The maximum Gasteiger partial charge on any atom is 0.170 e. The van der Waals surface area contributed by atoms with Crippen LogP contribution in [0.15, 0.2) is 65.9 Å². The zero-order valence-electron chi connectivity index (χ0n) is 14.5. The number of hydrazone groups is 1. The molecule has 0 spiro atoms. The molecule has 27 heavy (non-hydrogen) atoms. The molecule has 3 aromatic rings. The summed E-state index contributed by atoms with van der Waals surface area (Å²) >= 11 is 12.0. The van der Waals surface area contributed by atoms with Gasteiger partial charge in [-0.25, -0.2) is 4.98 Å². The Bertz CT molecular complexity index is 934. The van der Waals surface area contributed by atoms with Crippen LogP contribution in [0.1, 0.15) is 11.1 Å². The molecule has 0 unspecified atom stereocenters. The summed E-state index contributed by atoms with van der Waals surface area (Å²) in [6.07, 6.45) is 3.34. The molecular formula is C20H17Cl2N3O2. The van der Waals surface area contributed by atoms with Crippen LogP contribution in [0.25, 0.3) is 0 Å². The first kappa shape index (κ1) is 19.0. The van der Waals surface area contributed by atoms with Gasteiger partial charge < -0.3 is 9.47 Å². The van der Waals surface area contributed by atoms with Gasteiger partial charge in [0.2, 0.25) is 0 Å². The number of methoxy groups -OCH3 is 1. The molecule has 5 nitrogen and oxygen atoms in total. The van der Waals surface area contributed by atoms with Crippen LogP contribution in [-0.4, -0.2) is 18.3 Å². The summed E-state index contributed by atoms with van der Waals surface area (Å²) in [4.78, 5) is 4.15. The summed E-state index contributed by atoms with van der Waals surface area (Å²) in [6.45, 7) is 0.311. The van der Waals surface area contributed by atoms with Crippen molar-refractivity contribution in [1.29, 1.82) is 0 Å². The van der Waals surface area contributed by atoms with Crippen molar-refractivity contribution < 1.29 is 9.47 Å². The molecule has 138 valence electrons. The van der Waals surface area contributed by atoms with E-state index in [2.05, 4.69) is 15.5 Å². The summed E-state index contributed by atoms with van der Waals surface area (Å²) in [5.74, 6) is 1.84.